The summed E-state index contributed by atoms with van der Waals surface area (Å²) in [7, 11) is 2.66. The van der Waals surface area contributed by atoms with E-state index in [1.54, 1.807) is 0 Å². The van der Waals surface area contributed by atoms with Gasteiger partial charge < -0.3 is 18.6 Å². The van der Waals surface area contributed by atoms with Crippen molar-refractivity contribution in [3.8, 4) is 11.5 Å². The molecule has 2 aromatic rings. The molecule has 1 heterocycles. The molecule has 0 fully saturated rings. The van der Waals surface area contributed by atoms with Gasteiger partial charge in [-0.3, -0.25) is 0 Å². The number of nitrogens with zero attached hydrogens (tertiary/aromatic N) is 1. The number of hydrogen-bond donors (Lipinski definition) is 0. The third kappa shape index (κ3) is 2.26. The lowest BCUT2D eigenvalue weighted by Gasteiger charge is -2.04. The molecule has 0 radical (unpaired) electrons. The topological polar surface area (TPSA) is 70.8 Å². The Balaban J connectivity index is 2.48. The van der Waals surface area contributed by atoms with E-state index in [0.29, 0.717) is 16.8 Å². The van der Waals surface area contributed by atoms with Gasteiger partial charge in [0, 0.05) is 12.1 Å². The van der Waals surface area contributed by atoms with Crippen molar-refractivity contribution in [1.29, 1.82) is 0 Å². The number of benzene rings is 1. The molecule has 6 nitrogen and oxygen atoms in total. The third-order valence-electron chi connectivity index (χ3n) is 1.99. The lowest BCUT2D eigenvalue weighted by molar-refractivity contribution is 0.121. The van der Waals surface area contributed by atoms with E-state index < -0.39 is 6.16 Å². The van der Waals surface area contributed by atoms with Crippen molar-refractivity contribution in [2.24, 2.45) is 0 Å². The Labute approximate surface area is 101 Å². The fraction of sp³-hybridized carbons (Fsp3) is 0.200. The zero-order chi connectivity index (χ0) is 12.4. The largest absolute Gasteiger partial charge is 0.513 e. The summed E-state index contributed by atoms with van der Waals surface area (Å²) < 4.78 is 19.4. The Morgan fingerprint density at radius 3 is 2.82 bits per heavy atom. The Kier molecular flexibility index (Phi) is 3.06. The van der Waals surface area contributed by atoms with Gasteiger partial charge in [-0.25, -0.2) is 4.79 Å². The van der Waals surface area contributed by atoms with Gasteiger partial charge in [0.1, 0.15) is 11.3 Å². The van der Waals surface area contributed by atoms with Gasteiger partial charge in [-0.2, -0.15) is 4.98 Å². The maximum atomic E-state index is 11.0. The molecule has 0 aliphatic carbocycles. The zero-order valence-corrected chi connectivity index (χ0v) is 9.78. The number of rotatable bonds is 2. The first-order valence-electron chi connectivity index (χ1n) is 4.54. The van der Waals surface area contributed by atoms with Gasteiger partial charge in [0.05, 0.1) is 14.2 Å². The molecule has 17 heavy (non-hydrogen) atoms. The second-order valence-corrected chi connectivity index (χ2v) is 3.32. The van der Waals surface area contributed by atoms with Crippen LogP contribution in [-0.4, -0.2) is 25.4 Å². The summed E-state index contributed by atoms with van der Waals surface area (Å²) in [5.41, 5.74) is 0.808. The Bertz CT molecular complexity index is 565. The highest BCUT2D eigenvalue weighted by molar-refractivity contribution is 6.28. The fourth-order valence-electron chi connectivity index (χ4n) is 1.30. The molecular weight excluding hydrogens is 250 g/mol. The molecule has 0 amide bonds. The Morgan fingerprint density at radius 2 is 2.18 bits per heavy atom. The van der Waals surface area contributed by atoms with Crippen molar-refractivity contribution in [2.75, 3.05) is 14.2 Å². The number of carbonyl (C=O) groups excluding carboxylic acids is 1. The number of carbonyl (C=O) groups is 1. The predicted molar refractivity (Wildman–Crippen MR) is 58.6 cm³/mol. The molecule has 0 N–H and O–H groups in total. The monoisotopic (exact) mass is 257 g/mol. The van der Waals surface area contributed by atoms with Crippen LogP contribution in [-0.2, 0) is 4.74 Å². The lowest BCUT2D eigenvalue weighted by Crippen LogP contribution is -2.07. The normalized spacial score (nSPS) is 10.3. The minimum Gasteiger partial charge on any atom is -0.493 e. The van der Waals surface area contributed by atoms with Crippen molar-refractivity contribution in [3.63, 3.8) is 0 Å². The molecular formula is C10H8ClNO5. The molecule has 1 aromatic carbocycles. The van der Waals surface area contributed by atoms with E-state index in [1.165, 1.54) is 26.4 Å². The van der Waals surface area contributed by atoms with Crippen LogP contribution in [0.4, 0.5) is 4.79 Å². The Morgan fingerprint density at radius 1 is 1.41 bits per heavy atom. The second-order valence-electron chi connectivity index (χ2n) is 3.00. The summed E-state index contributed by atoms with van der Waals surface area (Å²) in [6.07, 6.45) is -0.832. The molecule has 0 saturated carbocycles. The van der Waals surface area contributed by atoms with Gasteiger partial charge in [-0.05, 0) is 11.6 Å². The van der Waals surface area contributed by atoms with E-state index in [9.17, 15) is 4.79 Å². The molecule has 0 saturated heterocycles. The summed E-state index contributed by atoms with van der Waals surface area (Å²) in [6.45, 7) is 0. The summed E-state index contributed by atoms with van der Waals surface area (Å²) in [5, 5.41) is -0.0199. The highest BCUT2D eigenvalue weighted by atomic mass is 35.5. The Hall–Kier alpha value is -1.95. The van der Waals surface area contributed by atoms with Crippen molar-refractivity contribution in [1.82, 2.24) is 4.98 Å². The lowest BCUT2D eigenvalue weighted by atomic mass is 10.3. The summed E-state index contributed by atoms with van der Waals surface area (Å²) in [6, 6.07) is 2.96. The second kappa shape index (κ2) is 4.50. The van der Waals surface area contributed by atoms with Crippen LogP contribution in [0.1, 0.15) is 0 Å². The molecule has 0 unspecified atom stereocenters. The van der Waals surface area contributed by atoms with Gasteiger partial charge in [-0.1, -0.05) is 0 Å². The van der Waals surface area contributed by atoms with Gasteiger partial charge in [0.2, 0.25) is 0 Å². The van der Waals surface area contributed by atoms with Crippen LogP contribution in [0.2, 0.25) is 5.35 Å². The number of oxazole rings is 1. The molecule has 0 aliphatic rings. The highest BCUT2D eigenvalue weighted by Crippen LogP contribution is 2.32. The number of fused-ring (bicyclic) bond motifs is 1. The van der Waals surface area contributed by atoms with Crippen molar-refractivity contribution < 1.29 is 23.4 Å². The molecule has 0 atom stereocenters. The average Bonchev–Trinajstić information content (AvgIpc) is 2.68. The number of halogens is 1. The van der Waals surface area contributed by atoms with Crippen LogP contribution in [0, 0.1) is 0 Å². The van der Waals surface area contributed by atoms with Crippen molar-refractivity contribution in [2.45, 2.75) is 0 Å². The van der Waals surface area contributed by atoms with E-state index in [0.717, 1.165) is 0 Å². The molecule has 0 spiro atoms. The van der Waals surface area contributed by atoms with E-state index in [4.69, 9.17) is 25.5 Å². The average molecular weight is 258 g/mol. The minimum absolute atomic E-state index is 0.0199. The van der Waals surface area contributed by atoms with E-state index >= 15 is 0 Å². The number of ether oxygens (including phenoxy) is 3. The summed E-state index contributed by atoms with van der Waals surface area (Å²) in [4.78, 5) is 14.9. The predicted octanol–water partition coefficient (Wildman–Crippen LogP) is 2.64. The van der Waals surface area contributed by atoms with Crippen LogP contribution in [0.15, 0.2) is 16.5 Å². The maximum Gasteiger partial charge on any atom is 0.513 e. The SMILES string of the molecule is COC(=O)Oc1cc(OC)c2oc(Cl)nc2c1. The van der Waals surface area contributed by atoms with E-state index in [2.05, 4.69) is 9.72 Å². The van der Waals surface area contributed by atoms with Crippen molar-refractivity contribution >= 4 is 28.9 Å². The molecule has 2 rings (SSSR count). The fourth-order valence-corrected chi connectivity index (χ4v) is 1.47. The maximum absolute atomic E-state index is 11.0. The number of hydrogen-bond acceptors (Lipinski definition) is 6. The number of aromatic nitrogens is 1. The smallest absolute Gasteiger partial charge is 0.493 e. The van der Waals surface area contributed by atoms with Crippen LogP contribution in [0.25, 0.3) is 11.1 Å². The minimum atomic E-state index is -0.832. The van der Waals surface area contributed by atoms with Crippen molar-refractivity contribution in [3.05, 3.63) is 17.5 Å². The van der Waals surface area contributed by atoms with Gasteiger partial charge in [0.15, 0.2) is 11.3 Å². The van der Waals surface area contributed by atoms with Gasteiger partial charge in [0.25, 0.3) is 5.35 Å². The number of methoxy groups -OCH3 is 2. The third-order valence-corrected chi connectivity index (χ3v) is 2.15. The first kappa shape index (κ1) is 11.5. The van der Waals surface area contributed by atoms with E-state index in [-0.39, 0.29) is 11.1 Å². The standard InChI is InChI=1S/C10H8ClNO5/c1-14-7-4-5(16-10(13)15-2)3-6-8(7)17-9(11)12-6/h3-4H,1-2H3. The molecule has 1 aromatic heterocycles. The molecule has 7 heteroatoms. The molecule has 90 valence electrons. The van der Waals surface area contributed by atoms with Gasteiger partial charge in [-0.15, -0.1) is 0 Å². The van der Waals surface area contributed by atoms with Crippen LogP contribution >= 0.6 is 11.6 Å². The molecule has 0 aliphatic heterocycles. The quantitative estimate of drug-likeness (QED) is 0.608. The van der Waals surface area contributed by atoms with Crippen LogP contribution in [0.3, 0.4) is 0 Å². The summed E-state index contributed by atoms with van der Waals surface area (Å²) in [5.74, 6) is 0.590. The van der Waals surface area contributed by atoms with Crippen LogP contribution in [0.5, 0.6) is 11.5 Å². The zero-order valence-electron chi connectivity index (χ0n) is 9.02. The first-order chi connectivity index (χ1) is 8.13. The highest BCUT2D eigenvalue weighted by Gasteiger charge is 2.14. The first-order valence-corrected chi connectivity index (χ1v) is 4.91. The van der Waals surface area contributed by atoms with E-state index in [1.807, 2.05) is 0 Å². The van der Waals surface area contributed by atoms with Gasteiger partial charge >= 0.3 is 6.16 Å². The summed E-state index contributed by atoms with van der Waals surface area (Å²) >= 11 is 5.63. The van der Waals surface area contributed by atoms with Crippen LogP contribution < -0.4 is 9.47 Å². The molecule has 0 bridgehead atoms.